The quantitative estimate of drug-likeness (QED) is 0.420. The second kappa shape index (κ2) is 10.0. The number of pyridine rings is 1. The van der Waals surface area contributed by atoms with Crippen molar-refractivity contribution in [3.63, 3.8) is 0 Å². The number of aromatic nitrogens is 3. The molecule has 3 heterocycles. The predicted molar refractivity (Wildman–Crippen MR) is 129 cm³/mol. The second-order valence-corrected chi connectivity index (χ2v) is 10.1. The molecule has 4 rings (SSSR count). The number of aliphatic hydroxyl groups is 1. The van der Waals surface area contributed by atoms with E-state index in [0.29, 0.717) is 16.8 Å². The van der Waals surface area contributed by atoms with E-state index in [1.165, 1.54) is 23.0 Å². The first-order valence-corrected chi connectivity index (χ1v) is 11.8. The first-order chi connectivity index (χ1) is 16.8. The molecule has 8 nitrogen and oxygen atoms in total. The highest BCUT2D eigenvalue weighted by Crippen LogP contribution is 2.34. The average Bonchev–Trinajstić information content (AvgIpc) is 3.12. The van der Waals surface area contributed by atoms with Crippen LogP contribution in [0.5, 0.6) is 0 Å². The number of rotatable bonds is 6. The van der Waals surface area contributed by atoms with Gasteiger partial charge < -0.3 is 20.5 Å². The number of nitrogens with one attached hydrogen (secondary N) is 2. The summed E-state index contributed by atoms with van der Waals surface area (Å²) in [7, 11) is 0. The van der Waals surface area contributed by atoms with Crippen molar-refractivity contribution in [3.05, 3.63) is 51.9 Å². The summed E-state index contributed by atoms with van der Waals surface area (Å²) >= 11 is 12.2. The van der Waals surface area contributed by atoms with E-state index in [9.17, 15) is 23.1 Å². The fraction of sp³-hybridized carbons (Fsp3) is 0.435. The van der Waals surface area contributed by atoms with Gasteiger partial charge in [0, 0.05) is 22.3 Å². The lowest BCUT2D eigenvalue weighted by Gasteiger charge is -2.31. The van der Waals surface area contributed by atoms with E-state index in [-0.39, 0.29) is 41.7 Å². The van der Waals surface area contributed by atoms with Crippen LogP contribution in [0, 0.1) is 0 Å². The Bertz CT molecular complexity index is 1280. The zero-order valence-corrected chi connectivity index (χ0v) is 20.9. The van der Waals surface area contributed by atoms with Crippen LogP contribution in [0.25, 0.3) is 10.9 Å². The molecule has 1 fully saturated rings. The fourth-order valence-electron chi connectivity index (χ4n) is 4.01. The summed E-state index contributed by atoms with van der Waals surface area (Å²) in [5, 5.41) is 20.7. The molecule has 1 amide bonds. The van der Waals surface area contributed by atoms with Gasteiger partial charge in [-0.1, -0.05) is 23.2 Å². The summed E-state index contributed by atoms with van der Waals surface area (Å²) in [6, 6.07) is 4.56. The zero-order valence-electron chi connectivity index (χ0n) is 19.4. The van der Waals surface area contributed by atoms with Crippen LogP contribution in [0.4, 0.5) is 18.9 Å². The van der Waals surface area contributed by atoms with Gasteiger partial charge >= 0.3 is 6.18 Å². The van der Waals surface area contributed by atoms with Gasteiger partial charge in [0.2, 0.25) is 0 Å². The molecule has 2 aromatic heterocycles. The predicted octanol–water partition coefficient (Wildman–Crippen LogP) is 4.53. The molecule has 3 N–H and O–H groups in total. The number of benzene rings is 1. The van der Waals surface area contributed by atoms with Crippen molar-refractivity contribution >= 4 is 45.7 Å². The van der Waals surface area contributed by atoms with Gasteiger partial charge in [0.25, 0.3) is 5.91 Å². The first kappa shape index (κ1) is 26.5. The highest BCUT2D eigenvalue weighted by molar-refractivity contribution is 6.32. The van der Waals surface area contributed by atoms with Gasteiger partial charge in [-0.3, -0.25) is 9.48 Å². The summed E-state index contributed by atoms with van der Waals surface area (Å²) < 4.78 is 47.3. The number of nitrogens with zero attached hydrogens (tertiary/aromatic N) is 3. The summed E-state index contributed by atoms with van der Waals surface area (Å²) in [5.41, 5.74) is -1.57. The van der Waals surface area contributed by atoms with E-state index in [1.807, 2.05) is 0 Å². The van der Waals surface area contributed by atoms with Gasteiger partial charge in [-0.15, -0.1) is 0 Å². The van der Waals surface area contributed by atoms with E-state index in [0.717, 1.165) is 6.07 Å². The lowest BCUT2D eigenvalue weighted by molar-refractivity contribution is -0.140. The van der Waals surface area contributed by atoms with Crippen molar-refractivity contribution in [2.75, 3.05) is 18.5 Å². The number of ether oxygens (including phenoxy) is 1. The van der Waals surface area contributed by atoms with Crippen LogP contribution >= 0.6 is 23.2 Å². The number of hydrogen-bond donors (Lipinski definition) is 3. The third-order valence-electron chi connectivity index (χ3n) is 5.47. The van der Waals surface area contributed by atoms with Crippen LogP contribution < -0.4 is 10.6 Å². The SMILES string of the molecule is CC(C)(O)Cn1cc(C(=O)N[C@H]2COC[C@@H](Nc3cc(C(F)(F)F)nc4ccc(Cl)cc34)C2)c(Cl)n1. The number of amides is 1. The van der Waals surface area contributed by atoms with E-state index in [4.69, 9.17) is 27.9 Å². The van der Waals surface area contributed by atoms with Gasteiger partial charge in [0.1, 0.15) is 5.69 Å². The van der Waals surface area contributed by atoms with Crippen LogP contribution in [-0.4, -0.2) is 56.7 Å². The molecule has 1 saturated heterocycles. The maximum absolute atomic E-state index is 13.4. The van der Waals surface area contributed by atoms with Gasteiger partial charge in [0.15, 0.2) is 5.15 Å². The molecule has 0 spiro atoms. The Morgan fingerprint density at radius 1 is 1.22 bits per heavy atom. The Morgan fingerprint density at radius 2 is 1.94 bits per heavy atom. The number of carbonyl (C=O) groups excluding carboxylic acids is 1. The molecule has 0 bridgehead atoms. The molecule has 0 unspecified atom stereocenters. The maximum atomic E-state index is 13.4. The van der Waals surface area contributed by atoms with Crippen LogP contribution in [0.3, 0.4) is 0 Å². The van der Waals surface area contributed by atoms with Gasteiger partial charge in [-0.25, -0.2) is 4.98 Å². The molecule has 0 radical (unpaired) electrons. The lowest BCUT2D eigenvalue weighted by Crippen LogP contribution is -2.47. The summed E-state index contributed by atoms with van der Waals surface area (Å²) in [6.45, 7) is 3.79. The Kier molecular flexibility index (Phi) is 7.38. The molecule has 1 aliphatic rings. The second-order valence-electron chi connectivity index (χ2n) is 9.34. The van der Waals surface area contributed by atoms with E-state index >= 15 is 0 Å². The van der Waals surface area contributed by atoms with Crippen LogP contribution in [0.2, 0.25) is 10.2 Å². The number of fused-ring (bicyclic) bond motifs is 1. The highest BCUT2D eigenvalue weighted by atomic mass is 35.5. The van der Waals surface area contributed by atoms with Crippen molar-refractivity contribution in [3.8, 4) is 0 Å². The summed E-state index contributed by atoms with van der Waals surface area (Å²) in [6.07, 6.45) is -2.80. The zero-order chi connectivity index (χ0) is 26.3. The minimum absolute atomic E-state index is 0.0111. The van der Waals surface area contributed by atoms with Gasteiger partial charge in [-0.2, -0.15) is 18.3 Å². The molecule has 194 valence electrons. The van der Waals surface area contributed by atoms with Crippen LogP contribution in [0.15, 0.2) is 30.5 Å². The van der Waals surface area contributed by atoms with Crippen LogP contribution in [0.1, 0.15) is 36.3 Å². The minimum Gasteiger partial charge on any atom is -0.389 e. The molecular weight excluding hydrogens is 522 g/mol. The number of alkyl halides is 3. The summed E-state index contributed by atoms with van der Waals surface area (Å²) in [5.74, 6) is -0.475. The normalized spacial score (nSPS) is 18.9. The number of carbonyl (C=O) groups is 1. The first-order valence-electron chi connectivity index (χ1n) is 11.1. The van der Waals surface area contributed by atoms with Crippen molar-refractivity contribution in [2.24, 2.45) is 0 Å². The Balaban J connectivity index is 1.49. The van der Waals surface area contributed by atoms with Gasteiger partial charge in [-0.05, 0) is 44.5 Å². The monoisotopic (exact) mass is 545 g/mol. The number of halogens is 5. The van der Waals surface area contributed by atoms with Crippen molar-refractivity contribution in [1.29, 1.82) is 0 Å². The Labute approximate surface area is 214 Å². The minimum atomic E-state index is -4.63. The third-order valence-corrected chi connectivity index (χ3v) is 5.99. The number of hydrogen-bond acceptors (Lipinski definition) is 6. The van der Waals surface area contributed by atoms with E-state index < -0.39 is 35.5 Å². The third kappa shape index (κ3) is 6.39. The molecule has 0 aliphatic carbocycles. The van der Waals surface area contributed by atoms with E-state index in [1.54, 1.807) is 19.9 Å². The molecular formula is C23H24Cl2F3N5O3. The summed E-state index contributed by atoms with van der Waals surface area (Å²) in [4.78, 5) is 16.5. The standard InChI is InChI=1S/C23H24Cl2F3N5O3/c1-22(2,35)11-33-8-16(20(25)32-33)21(34)30-14-6-13(9-36-10-14)29-18-7-19(23(26,27)28)31-17-4-3-12(24)5-15(17)18/h3-5,7-8,13-14,35H,6,9-11H2,1-2H3,(H,29,31)(H,30,34)/t13-,14+/m0/s1. The van der Waals surface area contributed by atoms with Gasteiger partial charge in [0.05, 0.1) is 48.5 Å². The Morgan fingerprint density at radius 3 is 2.64 bits per heavy atom. The largest absolute Gasteiger partial charge is 0.433 e. The van der Waals surface area contributed by atoms with Crippen LogP contribution in [-0.2, 0) is 17.5 Å². The molecule has 13 heteroatoms. The molecule has 3 aromatic rings. The number of anilines is 1. The maximum Gasteiger partial charge on any atom is 0.433 e. The molecule has 2 atom stereocenters. The Hall–Kier alpha value is -2.60. The van der Waals surface area contributed by atoms with Crippen molar-refractivity contribution < 1.29 is 27.8 Å². The molecule has 1 aliphatic heterocycles. The lowest BCUT2D eigenvalue weighted by atomic mass is 10.0. The van der Waals surface area contributed by atoms with Crippen molar-refractivity contribution in [2.45, 2.75) is 50.7 Å². The van der Waals surface area contributed by atoms with E-state index in [2.05, 4.69) is 20.7 Å². The molecule has 1 aromatic carbocycles. The fourth-order valence-corrected chi connectivity index (χ4v) is 4.41. The van der Waals surface area contributed by atoms with Crippen molar-refractivity contribution in [1.82, 2.24) is 20.1 Å². The molecule has 36 heavy (non-hydrogen) atoms. The highest BCUT2D eigenvalue weighted by Gasteiger charge is 2.34. The smallest absolute Gasteiger partial charge is 0.389 e. The average molecular weight is 546 g/mol. The molecule has 0 saturated carbocycles. The topological polar surface area (TPSA) is 101 Å².